The standard InChI is InChI=1S/C38H36O6/c1-8-26-23-30(15-22-34(26)28-13-18-32(19-14-28)43-36(40)24(2)3)27-9-11-29(12-10-27)35(39)38(6,42-7)31-16-20-33(21-17-31)44-37(41)25(4)5/h9-23H,2,4,8H2,1,3,5-7H3. The summed E-state index contributed by atoms with van der Waals surface area (Å²) in [4.78, 5) is 37.3. The average molecular weight is 589 g/mol. The highest BCUT2D eigenvalue weighted by atomic mass is 16.5. The van der Waals surface area contributed by atoms with Gasteiger partial charge in [0, 0.05) is 23.8 Å². The summed E-state index contributed by atoms with van der Waals surface area (Å²) in [5.74, 6) is -0.331. The summed E-state index contributed by atoms with van der Waals surface area (Å²) >= 11 is 0. The normalized spacial score (nSPS) is 12.1. The maximum Gasteiger partial charge on any atom is 0.338 e. The molecule has 0 aromatic heterocycles. The minimum Gasteiger partial charge on any atom is -0.423 e. The summed E-state index contributed by atoms with van der Waals surface area (Å²) < 4.78 is 16.3. The second-order valence-corrected chi connectivity index (χ2v) is 10.8. The van der Waals surface area contributed by atoms with Gasteiger partial charge in [0.25, 0.3) is 0 Å². The molecule has 0 fully saturated rings. The molecular weight excluding hydrogens is 552 g/mol. The molecule has 1 atom stereocenters. The van der Waals surface area contributed by atoms with Crippen molar-refractivity contribution in [1.29, 1.82) is 0 Å². The van der Waals surface area contributed by atoms with Crippen LogP contribution in [0.2, 0.25) is 0 Å². The van der Waals surface area contributed by atoms with Gasteiger partial charge in [-0.25, -0.2) is 9.59 Å². The molecule has 6 nitrogen and oxygen atoms in total. The Bertz CT molecular complexity index is 1710. The lowest BCUT2D eigenvalue weighted by Crippen LogP contribution is -2.34. The summed E-state index contributed by atoms with van der Waals surface area (Å²) in [6.45, 7) is 14.2. The van der Waals surface area contributed by atoms with E-state index < -0.39 is 17.5 Å². The molecule has 0 bridgehead atoms. The summed E-state index contributed by atoms with van der Waals surface area (Å²) in [5.41, 5.74) is 5.84. The molecule has 0 saturated heterocycles. The van der Waals surface area contributed by atoms with Gasteiger partial charge in [-0.3, -0.25) is 4.79 Å². The Morgan fingerprint density at radius 3 is 1.64 bits per heavy atom. The van der Waals surface area contributed by atoms with Gasteiger partial charge in [0.1, 0.15) is 11.5 Å². The van der Waals surface area contributed by atoms with Crippen molar-refractivity contribution >= 4 is 17.7 Å². The summed E-state index contributed by atoms with van der Waals surface area (Å²) in [6, 6.07) is 27.9. The van der Waals surface area contributed by atoms with Crippen molar-refractivity contribution in [3.05, 3.63) is 132 Å². The van der Waals surface area contributed by atoms with E-state index in [-0.39, 0.29) is 5.78 Å². The molecule has 0 aliphatic rings. The lowest BCUT2D eigenvalue weighted by atomic mass is 9.86. The molecule has 1 unspecified atom stereocenters. The van der Waals surface area contributed by atoms with E-state index in [0.29, 0.717) is 33.8 Å². The van der Waals surface area contributed by atoms with E-state index in [1.807, 2.05) is 36.4 Å². The highest BCUT2D eigenvalue weighted by Crippen LogP contribution is 2.33. The molecule has 0 N–H and O–H groups in total. The van der Waals surface area contributed by atoms with E-state index >= 15 is 0 Å². The molecule has 44 heavy (non-hydrogen) atoms. The monoisotopic (exact) mass is 588 g/mol. The number of Topliss-reactive ketones (excluding diaryl/α,β-unsaturated/α-hetero) is 1. The number of carbonyl (C=O) groups is 3. The van der Waals surface area contributed by atoms with Gasteiger partial charge in [-0.15, -0.1) is 0 Å². The number of esters is 2. The molecule has 0 heterocycles. The zero-order valence-electron chi connectivity index (χ0n) is 25.7. The van der Waals surface area contributed by atoms with Crippen LogP contribution in [0.15, 0.2) is 115 Å². The van der Waals surface area contributed by atoms with E-state index in [0.717, 1.165) is 28.7 Å². The Hall–Kier alpha value is -5.07. The average Bonchev–Trinajstić information content (AvgIpc) is 3.04. The smallest absolute Gasteiger partial charge is 0.338 e. The minimum absolute atomic E-state index is 0.194. The fourth-order valence-corrected chi connectivity index (χ4v) is 4.71. The number of methoxy groups -OCH3 is 1. The molecule has 224 valence electrons. The van der Waals surface area contributed by atoms with Crippen LogP contribution in [0.5, 0.6) is 11.5 Å². The van der Waals surface area contributed by atoms with E-state index in [1.54, 1.807) is 57.2 Å². The molecule has 6 heteroatoms. The molecule has 0 spiro atoms. The Morgan fingerprint density at radius 2 is 1.16 bits per heavy atom. The van der Waals surface area contributed by atoms with Crippen LogP contribution in [-0.2, 0) is 26.3 Å². The van der Waals surface area contributed by atoms with Crippen LogP contribution in [0.4, 0.5) is 0 Å². The number of rotatable bonds is 11. The van der Waals surface area contributed by atoms with E-state index in [2.05, 4.69) is 38.3 Å². The predicted octanol–water partition coefficient (Wildman–Crippen LogP) is 8.29. The van der Waals surface area contributed by atoms with Gasteiger partial charge in [0.05, 0.1) is 0 Å². The van der Waals surface area contributed by atoms with E-state index in [1.165, 1.54) is 12.7 Å². The van der Waals surface area contributed by atoms with Gasteiger partial charge in [0.15, 0.2) is 11.4 Å². The molecule has 0 aliphatic heterocycles. The molecule has 0 amide bonds. The summed E-state index contributed by atoms with van der Waals surface area (Å²) in [5, 5.41) is 0. The molecular formula is C38H36O6. The fraction of sp³-hybridized carbons (Fsp3) is 0.184. The molecule has 0 radical (unpaired) electrons. The van der Waals surface area contributed by atoms with Crippen molar-refractivity contribution in [3.63, 3.8) is 0 Å². The lowest BCUT2D eigenvalue weighted by Gasteiger charge is -2.27. The minimum atomic E-state index is -1.24. The van der Waals surface area contributed by atoms with E-state index in [4.69, 9.17) is 14.2 Å². The lowest BCUT2D eigenvalue weighted by molar-refractivity contribution is -0.130. The van der Waals surface area contributed by atoms with Crippen LogP contribution in [0.3, 0.4) is 0 Å². The van der Waals surface area contributed by atoms with Gasteiger partial charge < -0.3 is 14.2 Å². The SMILES string of the molecule is C=C(C)C(=O)Oc1ccc(-c2ccc(-c3ccc(C(=O)C(C)(OC)c4ccc(OC(=O)C(=C)C)cc4)cc3)cc2CC)cc1. The first kappa shape index (κ1) is 31.9. The van der Waals surface area contributed by atoms with Crippen molar-refractivity contribution < 1.29 is 28.6 Å². The molecule has 4 aromatic carbocycles. The number of benzene rings is 4. The van der Waals surface area contributed by atoms with Crippen molar-refractivity contribution in [3.8, 4) is 33.8 Å². The van der Waals surface area contributed by atoms with Crippen LogP contribution in [0, 0.1) is 0 Å². The first-order valence-corrected chi connectivity index (χ1v) is 14.3. The third-order valence-electron chi connectivity index (χ3n) is 7.50. The third kappa shape index (κ3) is 6.93. The van der Waals surface area contributed by atoms with Crippen LogP contribution >= 0.6 is 0 Å². The highest BCUT2D eigenvalue weighted by molar-refractivity contribution is 6.03. The van der Waals surface area contributed by atoms with Crippen molar-refractivity contribution in [2.75, 3.05) is 7.11 Å². The van der Waals surface area contributed by atoms with Crippen LogP contribution in [0.1, 0.15) is 49.2 Å². The molecule has 0 aliphatic carbocycles. The van der Waals surface area contributed by atoms with Crippen LogP contribution < -0.4 is 9.47 Å². The van der Waals surface area contributed by atoms with Crippen LogP contribution in [0.25, 0.3) is 22.3 Å². The number of ketones is 1. The molecule has 0 saturated carbocycles. The number of hydrogen-bond donors (Lipinski definition) is 0. The Morgan fingerprint density at radius 1 is 0.682 bits per heavy atom. The number of carbonyl (C=O) groups excluding carboxylic acids is 3. The predicted molar refractivity (Wildman–Crippen MR) is 173 cm³/mol. The fourth-order valence-electron chi connectivity index (χ4n) is 4.71. The van der Waals surface area contributed by atoms with Gasteiger partial charge in [-0.1, -0.05) is 86.8 Å². The van der Waals surface area contributed by atoms with E-state index in [9.17, 15) is 14.4 Å². The first-order chi connectivity index (χ1) is 21.0. The second kappa shape index (κ2) is 13.5. The highest BCUT2D eigenvalue weighted by Gasteiger charge is 2.36. The van der Waals surface area contributed by atoms with Crippen molar-refractivity contribution in [2.45, 2.75) is 39.7 Å². The number of hydrogen-bond acceptors (Lipinski definition) is 6. The first-order valence-electron chi connectivity index (χ1n) is 14.3. The summed E-state index contributed by atoms with van der Waals surface area (Å²) in [6.07, 6.45) is 0.823. The second-order valence-electron chi connectivity index (χ2n) is 10.8. The van der Waals surface area contributed by atoms with Crippen molar-refractivity contribution in [2.24, 2.45) is 0 Å². The van der Waals surface area contributed by atoms with Gasteiger partial charge in [-0.05, 0) is 84.8 Å². The Labute approximate surface area is 258 Å². The number of ether oxygens (including phenoxy) is 3. The van der Waals surface area contributed by atoms with Gasteiger partial charge in [0.2, 0.25) is 0 Å². The maximum atomic E-state index is 13.7. The zero-order valence-corrected chi connectivity index (χ0v) is 25.7. The van der Waals surface area contributed by atoms with Gasteiger partial charge in [-0.2, -0.15) is 0 Å². The third-order valence-corrected chi connectivity index (χ3v) is 7.50. The van der Waals surface area contributed by atoms with Gasteiger partial charge >= 0.3 is 11.9 Å². The maximum absolute atomic E-state index is 13.7. The summed E-state index contributed by atoms with van der Waals surface area (Å²) in [7, 11) is 1.50. The topological polar surface area (TPSA) is 78.9 Å². The zero-order chi connectivity index (χ0) is 32.0. The van der Waals surface area contributed by atoms with Crippen LogP contribution in [-0.4, -0.2) is 24.8 Å². The molecule has 4 aromatic rings. The largest absolute Gasteiger partial charge is 0.423 e. The Balaban J connectivity index is 1.53. The Kier molecular flexibility index (Phi) is 9.77. The number of aryl methyl sites for hydroxylation is 1. The molecule has 4 rings (SSSR count). The quantitative estimate of drug-likeness (QED) is 0.0759. The van der Waals surface area contributed by atoms with Crippen molar-refractivity contribution in [1.82, 2.24) is 0 Å².